The molecule has 1 aromatic rings. The fourth-order valence-electron chi connectivity index (χ4n) is 1.18. The number of allylic oxidation sites excluding steroid dienone is 1. The summed E-state index contributed by atoms with van der Waals surface area (Å²) < 4.78 is 0. The van der Waals surface area contributed by atoms with Crippen LogP contribution in [0.5, 0.6) is 0 Å². The summed E-state index contributed by atoms with van der Waals surface area (Å²) in [6, 6.07) is 3.64. The highest BCUT2D eigenvalue weighted by Gasteiger charge is 2.10. The van der Waals surface area contributed by atoms with Crippen molar-refractivity contribution < 1.29 is 5.11 Å². The minimum Gasteiger partial charge on any atom is -0.384 e. The second-order valence-electron chi connectivity index (χ2n) is 2.86. The number of rotatable bonds is 3. The van der Waals surface area contributed by atoms with Crippen LogP contribution in [-0.2, 0) is 0 Å². The summed E-state index contributed by atoms with van der Waals surface area (Å²) in [5.74, 6) is 0. The zero-order valence-electron chi connectivity index (χ0n) is 8.38. The zero-order chi connectivity index (χ0) is 10.4. The Morgan fingerprint density at radius 3 is 2.93 bits per heavy atom. The standard InChI is InChI=1S/C11H14N2O/c1-3-9(7-12-2)11(14)10-5-4-6-13-8-10/h3-8,11,14H,1-2H3/b9-3+,12-7?. The van der Waals surface area contributed by atoms with E-state index < -0.39 is 6.10 Å². The van der Waals surface area contributed by atoms with Gasteiger partial charge in [0.2, 0.25) is 0 Å². The van der Waals surface area contributed by atoms with Gasteiger partial charge >= 0.3 is 0 Å². The van der Waals surface area contributed by atoms with Crippen molar-refractivity contribution in [3.05, 3.63) is 41.7 Å². The van der Waals surface area contributed by atoms with Gasteiger partial charge < -0.3 is 5.11 Å². The normalized spacial score (nSPS) is 14.6. The Bertz CT molecular complexity index is 330. The van der Waals surface area contributed by atoms with Gasteiger partial charge in [-0.3, -0.25) is 9.98 Å². The van der Waals surface area contributed by atoms with E-state index in [1.165, 1.54) is 0 Å². The highest BCUT2D eigenvalue weighted by Crippen LogP contribution is 2.18. The molecule has 0 bridgehead atoms. The van der Waals surface area contributed by atoms with E-state index in [4.69, 9.17) is 0 Å². The number of hydrogen-bond acceptors (Lipinski definition) is 3. The molecule has 0 saturated heterocycles. The number of pyridine rings is 1. The van der Waals surface area contributed by atoms with Gasteiger partial charge in [-0.05, 0) is 18.6 Å². The van der Waals surface area contributed by atoms with Crippen molar-refractivity contribution in [1.82, 2.24) is 4.98 Å². The van der Waals surface area contributed by atoms with E-state index in [0.29, 0.717) is 0 Å². The third kappa shape index (κ3) is 2.50. The maximum atomic E-state index is 9.91. The molecule has 1 rings (SSSR count). The first kappa shape index (κ1) is 10.6. The number of aliphatic imine (C=N–C) groups is 1. The summed E-state index contributed by atoms with van der Waals surface area (Å²) in [6.45, 7) is 1.87. The van der Waals surface area contributed by atoms with Gasteiger partial charge in [-0.1, -0.05) is 12.1 Å². The predicted molar refractivity (Wildman–Crippen MR) is 57.4 cm³/mol. The lowest BCUT2D eigenvalue weighted by molar-refractivity contribution is 0.222. The molecule has 1 N–H and O–H groups in total. The van der Waals surface area contributed by atoms with Gasteiger partial charge in [0, 0.05) is 31.2 Å². The van der Waals surface area contributed by atoms with E-state index >= 15 is 0 Å². The number of aliphatic hydroxyl groups is 1. The molecule has 1 heterocycles. The highest BCUT2D eigenvalue weighted by molar-refractivity contribution is 5.79. The van der Waals surface area contributed by atoms with Crippen molar-refractivity contribution in [2.45, 2.75) is 13.0 Å². The molecule has 3 nitrogen and oxygen atoms in total. The van der Waals surface area contributed by atoms with E-state index in [0.717, 1.165) is 11.1 Å². The highest BCUT2D eigenvalue weighted by atomic mass is 16.3. The summed E-state index contributed by atoms with van der Waals surface area (Å²) in [5.41, 5.74) is 1.56. The van der Waals surface area contributed by atoms with E-state index in [2.05, 4.69) is 9.98 Å². The molecule has 0 amide bonds. The molecule has 0 fully saturated rings. The lowest BCUT2D eigenvalue weighted by Crippen LogP contribution is -2.02. The first-order valence-electron chi connectivity index (χ1n) is 4.46. The molecule has 1 aromatic heterocycles. The molecule has 1 atom stereocenters. The second-order valence-corrected chi connectivity index (χ2v) is 2.86. The number of aromatic nitrogens is 1. The molecule has 0 aliphatic heterocycles. The number of nitrogens with zero attached hydrogens (tertiary/aromatic N) is 2. The van der Waals surface area contributed by atoms with Gasteiger partial charge in [0.1, 0.15) is 6.10 Å². The Morgan fingerprint density at radius 2 is 2.43 bits per heavy atom. The maximum absolute atomic E-state index is 9.91. The third-order valence-electron chi connectivity index (χ3n) is 1.93. The van der Waals surface area contributed by atoms with Gasteiger partial charge in [0.25, 0.3) is 0 Å². The quantitative estimate of drug-likeness (QED) is 0.738. The van der Waals surface area contributed by atoms with Crippen molar-refractivity contribution in [3.63, 3.8) is 0 Å². The van der Waals surface area contributed by atoms with Gasteiger partial charge in [-0.2, -0.15) is 0 Å². The lowest BCUT2D eigenvalue weighted by Gasteiger charge is -2.10. The first-order valence-corrected chi connectivity index (χ1v) is 4.46. The monoisotopic (exact) mass is 190 g/mol. The van der Waals surface area contributed by atoms with Crippen LogP contribution >= 0.6 is 0 Å². The summed E-state index contributed by atoms with van der Waals surface area (Å²) in [7, 11) is 1.68. The van der Waals surface area contributed by atoms with Crippen molar-refractivity contribution in [2.24, 2.45) is 4.99 Å². The fraction of sp³-hybridized carbons (Fsp3) is 0.273. The Kier molecular flexibility index (Phi) is 4.01. The van der Waals surface area contributed by atoms with Crippen molar-refractivity contribution >= 4 is 6.21 Å². The molecular weight excluding hydrogens is 176 g/mol. The van der Waals surface area contributed by atoms with Gasteiger partial charge in [0.15, 0.2) is 0 Å². The van der Waals surface area contributed by atoms with Crippen molar-refractivity contribution in [3.8, 4) is 0 Å². The molecule has 74 valence electrons. The van der Waals surface area contributed by atoms with Crippen molar-refractivity contribution in [2.75, 3.05) is 7.05 Å². The van der Waals surface area contributed by atoms with Crippen LogP contribution < -0.4 is 0 Å². The van der Waals surface area contributed by atoms with Gasteiger partial charge in [-0.15, -0.1) is 0 Å². The summed E-state index contributed by atoms with van der Waals surface area (Å²) in [4.78, 5) is 7.83. The molecular formula is C11H14N2O. The molecule has 1 unspecified atom stereocenters. The predicted octanol–water partition coefficient (Wildman–Crippen LogP) is 1.76. The van der Waals surface area contributed by atoms with Crippen molar-refractivity contribution in [1.29, 1.82) is 0 Å². The minimum absolute atomic E-state index is 0.641. The smallest absolute Gasteiger partial charge is 0.107 e. The molecule has 0 aliphatic carbocycles. The van der Waals surface area contributed by atoms with Crippen LogP contribution in [-0.4, -0.2) is 23.4 Å². The summed E-state index contributed by atoms with van der Waals surface area (Å²) >= 11 is 0. The van der Waals surface area contributed by atoms with Crippen LogP contribution in [0, 0.1) is 0 Å². The zero-order valence-corrected chi connectivity index (χ0v) is 8.38. The molecule has 14 heavy (non-hydrogen) atoms. The molecule has 3 heteroatoms. The van der Waals surface area contributed by atoms with Crippen LogP contribution in [0.2, 0.25) is 0 Å². The number of aliphatic hydroxyl groups excluding tert-OH is 1. The molecule has 0 aliphatic rings. The van der Waals surface area contributed by atoms with Crippen LogP contribution in [0.4, 0.5) is 0 Å². The summed E-state index contributed by atoms with van der Waals surface area (Å²) in [6.07, 6.45) is 6.18. The first-order chi connectivity index (χ1) is 6.79. The maximum Gasteiger partial charge on any atom is 0.107 e. The average Bonchev–Trinajstić information content (AvgIpc) is 2.26. The van der Waals surface area contributed by atoms with Crippen LogP contribution in [0.15, 0.2) is 41.2 Å². The lowest BCUT2D eigenvalue weighted by atomic mass is 10.0. The third-order valence-corrected chi connectivity index (χ3v) is 1.93. The average molecular weight is 190 g/mol. The van der Waals surface area contributed by atoms with Gasteiger partial charge in [0.05, 0.1) is 0 Å². The molecule has 0 aromatic carbocycles. The topological polar surface area (TPSA) is 45.5 Å². The van der Waals surface area contributed by atoms with Crippen LogP contribution in [0.3, 0.4) is 0 Å². The largest absolute Gasteiger partial charge is 0.384 e. The molecule has 0 saturated carbocycles. The Labute approximate surface area is 83.8 Å². The van der Waals surface area contributed by atoms with Crippen LogP contribution in [0.1, 0.15) is 18.6 Å². The summed E-state index contributed by atoms with van der Waals surface area (Å²) in [5, 5.41) is 9.91. The second kappa shape index (κ2) is 5.29. The SMILES string of the molecule is C/C=C(\C=NC)C(O)c1cccnc1. The van der Waals surface area contributed by atoms with E-state index in [1.54, 1.807) is 31.7 Å². The Morgan fingerprint density at radius 1 is 1.64 bits per heavy atom. The van der Waals surface area contributed by atoms with E-state index in [9.17, 15) is 5.11 Å². The van der Waals surface area contributed by atoms with Crippen LogP contribution in [0.25, 0.3) is 0 Å². The molecule has 0 spiro atoms. The Hall–Kier alpha value is -1.48. The van der Waals surface area contributed by atoms with E-state index in [1.807, 2.05) is 19.1 Å². The minimum atomic E-state index is -0.641. The van der Waals surface area contributed by atoms with Gasteiger partial charge in [-0.25, -0.2) is 0 Å². The number of hydrogen-bond donors (Lipinski definition) is 1. The molecule has 0 radical (unpaired) electrons. The Balaban J connectivity index is 2.89. The van der Waals surface area contributed by atoms with E-state index in [-0.39, 0.29) is 0 Å². The fourth-order valence-corrected chi connectivity index (χ4v) is 1.18.